The van der Waals surface area contributed by atoms with Crippen molar-refractivity contribution in [1.82, 2.24) is 15.1 Å². The van der Waals surface area contributed by atoms with E-state index in [1.165, 1.54) is 29.3 Å². The highest BCUT2D eigenvalue weighted by Gasteiger charge is 2.39. The van der Waals surface area contributed by atoms with Gasteiger partial charge in [0.15, 0.2) is 11.5 Å². The number of carbonyl (C=O) groups excluding carboxylic acids is 2. The standard InChI is InChI=1S/C21H22FN3O5/c1-5-28-19(27)13-10-25(11-20(2,3)14-9-23-24-17(13)14)18(26)12-6-7-15-16(8-12)30-21(4,22)29-15/h6-10H,5,11H2,1-4H3,(H,23,24). The first-order valence-electron chi connectivity index (χ1n) is 9.56. The summed E-state index contributed by atoms with van der Waals surface area (Å²) in [5, 5.41) is 6.92. The number of hydrogen-bond acceptors (Lipinski definition) is 6. The summed E-state index contributed by atoms with van der Waals surface area (Å²) in [6.45, 7) is 7.25. The van der Waals surface area contributed by atoms with Crippen LogP contribution in [-0.2, 0) is 14.9 Å². The molecule has 2 aromatic rings. The molecule has 3 heterocycles. The lowest BCUT2D eigenvalue weighted by Gasteiger charge is -2.28. The normalized spacial score (nSPS) is 21.5. The van der Waals surface area contributed by atoms with Crippen LogP contribution in [0.5, 0.6) is 11.5 Å². The summed E-state index contributed by atoms with van der Waals surface area (Å²) in [4.78, 5) is 27.4. The number of amides is 1. The summed E-state index contributed by atoms with van der Waals surface area (Å²) >= 11 is 0. The van der Waals surface area contributed by atoms with Crippen molar-refractivity contribution in [2.24, 2.45) is 0 Å². The number of alkyl halides is 1. The molecule has 30 heavy (non-hydrogen) atoms. The average molecular weight is 415 g/mol. The Kier molecular flexibility index (Phi) is 4.56. The molecule has 2 aliphatic rings. The molecule has 1 aromatic heterocycles. The summed E-state index contributed by atoms with van der Waals surface area (Å²) in [5.41, 5.74) is 1.30. The van der Waals surface area contributed by atoms with Crippen LogP contribution >= 0.6 is 0 Å². The number of nitrogens with zero attached hydrogens (tertiary/aromatic N) is 2. The lowest BCUT2D eigenvalue weighted by atomic mass is 9.84. The second kappa shape index (κ2) is 6.86. The fraction of sp³-hybridized carbons (Fsp3) is 0.381. The second-order valence-electron chi connectivity index (χ2n) is 7.94. The van der Waals surface area contributed by atoms with Crippen LogP contribution in [0.4, 0.5) is 4.39 Å². The highest BCUT2D eigenvalue weighted by atomic mass is 19.2. The molecule has 1 N–H and O–H groups in total. The van der Waals surface area contributed by atoms with E-state index in [-0.39, 0.29) is 41.7 Å². The van der Waals surface area contributed by atoms with Gasteiger partial charge in [0.2, 0.25) is 0 Å². The highest BCUT2D eigenvalue weighted by molar-refractivity contribution is 6.17. The Balaban J connectivity index is 1.73. The van der Waals surface area contributed by atoms with Crippen LogP contribution in [0.25, 0.3) is 5.57 Å². The molecule has 1 unspecified atom stereocenters. The van der Waals surface area contributed by atoms with Crippen molar-refractivity contribution in [3.8, 4) is 11.5 Å². The van der Waals surface area contributed by atoms with E-state index in [2.05, 4.69) is 10.2 Å². The summed E-state index contributed by atoms with van der Waals surface area (Å²) in [6.07, 6.45) is 3.12. The molecule has 2 aliphatic heterocycles. The van der Waals surface area contributed by atoms with E-state index in [0.29, 0.717) is 5.69 Å². The topological polar surface area (TPSA) is 93.8 Å². The van der Waals surface area contributed by atoms with Crippen LogP contribution in [0.2, 0.25) is 0 Å². The van der Waals surface area contributed by atoms with Crippen molar-refractivity contribution >= 4 is 17.4 Å². The maximum atomic E-state index is 14.0. The van der Waals surface area contributed by atoms with Gasteiger partial charge < -0.3 is 19.1 Å². The van der Waals surface area contributed by atoms with E-state index in [1.54, 1.807) is 13.1 Å². The zero-order chi connectivity index (χ0) is 21.7. The van der Waals surface area contributed by atoms with Crippen molar-refractivity contribution < 1.29 is 28.2 Å². The number of aromatic nitrogens is 2. The Hall–Kier alpha value is -3.36. The number of halogens is 1. The first-order chi connectivity index (χ1) is 14.1. The Labute approximate surface area is 172 Å². The smallest absolute Gasteiger partial charge is 0.404 e. The molecule has 0 bridgehead atoms. The Morgan fingerprint density at radius 3 is 2.73 bits per heavy atom. The van der Waals surface area contributed by atoms with Crippen LogP contribution in [0.1, 0.15) is 49.3 Å². The number of aromatic amines is 1. The fourth-order valence-electron chi connectivity index (χ4n) is 3.66. The lowest BCUT2D eigenvalue weighted by molar-refractivity contribution is -0.173. The Morgan fingerprint density at radius 2 is 2.00 bits per heavy atom. The number of esters is 1. The van der Waals surface area contributed by atoms with E-state index < -0.39 is 17.4 Å². The molecular formula is C21H22FN3O5. The molecule has 158 valence electrons. The highest BCUT2D eigenvalue weighted by Crippen LogP contribution is 2.41. The summed E-state index contributed by atoms with van der Waals surface area (Å²) in [6, 6.07) is 2.17. The molecule has 0 saturated carbocycles. The molecule has 0 radical (unpaired) electrons. The minimum atomic E-state index is -2.28. The lowest BCUT2D eigenvalue weighted by Crippen LogP contribution is -2.36. The third-order valence-electron chi connectivity index (χ3n) is 5.02. The van der Waals surface area contributed by atoms with Crippen molar-refractivity contribution in [2.45, 2.75) is 39.2 Å². The molecule has 1 aromatic carbocycles. The molecule has 4 rings (SSSR count). The monoisotopic (exact) mass is 415 g/mol. The maximum Gasteiger partial charge on any atom is 0.404 e. The van der Waals surface area contributed by atoms with E-state index in [9.17, 15) is 14.0 Å². The molecule has 0 aliphatic carbocycles. The molecular weight excluding hydrogens is 393 g/mol. The van der Waals surface area contributed by atoms with Crippen LogP contribution in [-0.4, -0.2) is 46.2 Å². The van der Waals surface area contributed by atoms with Gasteiger partial charge in [0.25, 0.3) is 5.91 Å². The van der Waals surface area contributed by atoms with E-state index in [4.69, 9.17) is 14.2 Å². The third kappa shape index (κ3) is 3.40. The Bertz CT molecular complexity index is 1060. The van der Waals surface area contributed by atoms with Gasteiger partial charge in [-0.25, -0.2) is 4.79 Å². The minimum absolute atomic E-state index is 0.143. The zero-order valence-corrected chi connectivity index (χ0v) is 17.1. The first-order valence-corrected chi connectivity index (χ1v) is 9.56. The van der Waals surface area contributed by atoms with Crippen molar-refractivity contribution in [3.05, 3.63) is 47.4 Å². The molecule has 0 fully saturated rings. The van der Waals surface area contributed by atoms with E-state index >= 15 is 0 Å². The minimum Gasteiger partial charge on any atom is -0.462 e. The van der Waals surface area contributed by atoms with Gasteiger partial charge in [0.05, 0.1) is 18.5 Å². The zero-order valence-electron chi connectivity index (χ0n) is 17.1. The number of H-pyrrole nitrogens is 1. The van der Waals surface area contributed by atoms with Gasteiger partial charge in [-0.3, -0.25) is 9.89 Å². The van der Waals surface area contributed by atoms with Gasteiger partial charge >= 0.3 is 12.0 Å². The van der Waals surface area contributed by atoms with Gasteiger partial charge in [-0.2, -0.15) is 9.49 Å². The molecule has 8 nitrogen and oxygen atoms in total. The van der Waals surface area contributed by atoms with Crippen molar-refractivity contribution in [1.29, 1.82) is 0 Å². The largest absolute Gasteiger partial charge is 0.462 e. The number of hydrogen-bond donors (Lipinski definition) is 1. The van der Waals surface area contributed by atoms with E-state index in [1.807, 2.05) is 13.8 Å². The van der Waals surface area contributed by atoms with Gasteiger partial charge in [0.1, 0.15) is 5.57 Å². The quantitative estimate of drug-likeness (QED) is 0.774. The number of benzene rings is 1. The third-order valence-corrected chi connectivity index (χ3v) is 5.02. The number of fused-ring (bicyclic) bond motifs is 2. The van der Waals surface area contributed by atoms with E-state index in [0.717, 1.165) is 12.5 Å². The summed E-state index contributed by atoms with van der Waals surface area (Å²) < 4.78 is 29.3. The number of carbonyl (C=O) groups is 2. The summed E-state index contributed by atoms with van der Waals surface area (Å²) in [7, 11) is 0. The second-order valence-corrected chi connectivity index (χ2v) is 7.94. The van der Waals surface area contributed by atoms with Crippen LogP contribution < -0.4 is 9.47 Å². The maximum absolute atomic E-state index is 14.0. The summed E-state index contributed by atoms with van der Waals surface area (Å²) in [5.74, 6) is -0.570. The fourth-order valence-corrected chi connectivity index (χ4v) is 3.66. The average Bonchev–Trinajstić information content (AvgIpc) is 3.24. The van der Waals surface area contributed by atoms with Crippen molar-refractivity contribution in [2.75, 3.05) is 13.2 Å². The van der Waals surface area contributed by atoms with Gasteiger partial charge in [0, 0.05) is 36.2 Å². The van der Waals surface area contributed by atoms with Gasteiger partial charge in [-0.1, -0.05) is 13.8 Å². The SMILES string of the molecule is CCOC(=O)C1=CN(C(=O)c2ccc3c(c2)OC(C)(F)O3)CC(C)(C)c2cn[nH]c21. The van der Waals surface area contributed by atoms with Crippen LogP contribution in [0, 0.1) is 0 Å². The molecule has 9 heteroatoms. The Morgan fingerprint density at radius 1 is 1.27 bits per heavy atom. The van der Waals surface area contributed by atoms with Crippen LogP contribution in [0.15, 0.2) is 30.6 Å². The molecule has 0 saturated heterocycles. The number of nitrogens with one attached hydrogen (secondary N) is 1. The van der Waals surface area contributed by atoms with Gasteiger partial charge in [-0.05, 0) is 25.1 Å². The molecule has 0 spiro atoms. The molecule has 1 atom stereocenters. The number of rotatable bonds is 3. The molecule has 1 amide bonds. The first kappa shape index (κ1) is 19.9. The predicted molar refractivity (Wildman–Crippen MR) is 104 cm³/mol. The van der Waals surface area contributed by atoms with Crippen LogP contribution in [0.3, 0.4) is 0 Å². The number of ether oxygens (including phenoxy) is 3. The van der Waals surface area contributed by atoms with Gasteiger partial charge in [-0.15, -0.1) is 0 Å². The predicted octanol–water partition coefficient (Wildman–Crippen LogP) is 3.16. The van der Waals surface area contributed by atoms with Crippen molar-refractivity contribution in [3.63, 3.8) is 0 Å².